The number of hydrogen-bond donors (Lipinski definition) is 2. The number of carbonyl (C=O) groups is 1. The summed E-state index contributed by atoms with van der Waals surface area (Å²) in [6.07, 6.45) is 0.222. The van der Waals surface area contributed by atoms with Gasteiger partial charge in [-0.15, -0.1) is 0 Å². The molecule has 8 heteroatoms. The fraction of sp³-hybridized carbons (Fsp3) is 0.167. The Kier molecular flexibility index (Phi) is 7.74. The van der Waals surface area contributed by atoms with Crippen LogP contribution in [-0.4, -0.2) is 30.8 Å². The maximum Gasteiger partial charge on any atom is 0.243 e. The van der Waals surface area contributed by atoms with Crippen LogP contribution in [0.15, 0.2) is 83.8 Å². The van der Waals surface area contributed by atoms with Crippen LogP contribution in [0.3, 0.4) is 0 Å². The molecule has 0 radical (unpaired) electrons. The van der Waals surface area contributed by atoms with Crippen molar-refractivity contribution in [3.63, 3.8) is 0 Å². The molecule has 0 aromatic heterocycles. The van der Waals surface area contributed by atoms with Crippen LogP contribution in [-0.2, 0) is 27.8 Å². The number of carbonyl (C=O) groups excluding carboxylic acids is 1. The summed E-state index contributed by atoms with van der Waals surface area (Å²) in [4.78, 5) is 12.4. The third kappa shape index (κ3) is 6.23. The molecular formula is C24H25N3O3S2. The van der Waals surface area contributed by atoms with Gasteiger partial charge in [0.15, 0.2) is 5.11 Å². The van der Waals surface area contributed by atoms with E-state index in [0.717, 1.165) is 16.7 Å². The van der Waals surface area contributed by atoms with Crippen LogP contribution in [0.5, 0.6) is 0 Å². The lowest BCUT2D eigenvalue weighted by Gasteiger charge is -2.18. The van der Waals surface area contributed by atoms with Gasteiger partial charge in [0.2, 0.25) is 15.9 Å². The predicted octanol–water partition coefficient (Wildman–Crippen LogP) is 3.87. The molecule has 0 unspecified atom stereocenters. The minimum absolute atomic E-state index is 0.153. The highest BCUT2D eigenvalue weighted by Crippen LogP contribution is 2.19. The molecule has 0 saturated carbocycles. The first-order valence-corrected chi connectivity index (χ1v) is 11.9. The van der Waals surface area contributed by atoms with Crippen LogP contribution in [0.1, 0.15) is 16.7 Å². The van der Waals surface area contributed by atoms with Crippen LogP contribution < -0.4 is 10.6 Å². The molecule has 0 aliphatic heterocycles. The fourth-order valence-electron chi connectivity index (χ4n) is 3.13. The van der Waals surface area contributed by atoms with Gasteiger partial charge in [-0.1, -0.05) is 54.6 Å². The Hall–Kier alpha value is -3.07. The van der Waals surface area contributed by atoms with E-state index in [-0.39, 0.29) is 28.9 Å². The maximum atomic E-state index is 12.8. The van der Waals surface area contributed by atoms with Gasteiger partial charge in [0, 0.05) is 19.3 Å². The highest BCUT2D eigenvalue weighted by Gasteiger charge is 2.20. The lowest BCUT2D eigenvalue weighted by Crippen LogP contribution is -2.35. The number of hydrogen-bond acceptors (Lipinski definition) is 4. The van der Waals surface area contributed by atoms with E-state index in [1.807, 2.05) is 61.5 Å². The van der Waals surface area contributed by atoms with Gasteiger partial charge in [-0.25, -0.2) is 8.42 Å². The summed E-state index contributed by atoms with van der Waals surface area (Å²) in [5, 5.41) is 5.71. The van der Waals surface area contributed by atoms with E-state index >= 15 is 0 Å². The molecule has 3 rings (SSSR count). The molecule has 0 saturated heterocycles. The van der Waals surface area contributed by atoms with Crippen molar-refractivity contribution in [2.45, 2.75) is 24.8 Å². The highest BCUT2D eigenvalue weighted by atomic mass is 32.2. The molecule has 6 nitrogen and oxygen atoms in total. The molecule has 0 bridgehead atoms. The molecule has 0 heterocycles. The first-order valence-electron chi connectivity index (χ1n) is 10.0. The van der Waals surface area contributed by atoms with Crippen molar-refractivity contribution < 1.29 is 13.2 Å². The molecule has 0 atom stereocenters. The van der Waals surface area contributed by atoms with Crippen molar-refractivity contribution in [2.24, 2.45) is 0 Å². The minimum atomic E-state index is -3.64. The second kappa shape index (κ2) is 10.5. The number of rotatable bonds is 7. The summed E-state index contributed by atoms with van der Waals surface area (Å²) in [6, 6.07) is 23.3. The van der Waals surface area contributed by atoms with Gasteiger partial charge in [0.25, 0.3) is 0 Å². The SMILES string of the molecule is Cc1ccccc1CC(=O)NC(=S)Nc1ccc(S(=O)(=O)N(C)Cc2ccccc2)cc1. The molecule has 166 valence electrons. The van der Waals surface area contributed by atoms with E-state index in [4.69, 9.17) is 12.2 Å². The van der Waals surface area contributed by atoms with Crippen LogP contribution >= 0.6 is 12.2 Å². The van der Waals surface area contributed by atoms with Crippen molar-refractivity contribution in [3.05, 3.63) is 95.6 Å². The number of aryl methyl sites for hydroxylation is 1. The summed E-state index contributed by atoms with van der Waals surface area (Å²) in [5.41, 5.74) is 3.46. The normalized spacial score (nSPS) is 11.2. The Morgan fingerprint density at radius 2 is 1.56 bits per heavy atom. The number of anilines is 1. The summed E-state index contributed by atoms with van der Waals surface area (Å²) in [7, 11) is -2.09. The van der Waals surface area contributed by atoms with Gasteiger partial charge in [-0.3, -0.25) is 4.79 Å². The lowest BCUT2D eigenvalue weighted by atomic mass is 10.1. The zero-order valence-electron chi connectivity index (χ0n) is 17.9. The maximum absolute atomic E-state index is 12.8. The molecule has 0 aliphatic rings. The third-order valence-electron chi connectivity index (χ3n) is 4.93. The molecule has 1 amide bonds. The third-order valence-corrected chi connectivity index (χ3v) is 6.96. The Morgan fingerprint density at radius 1 is 0.938 bits per heavy atom. The molecule has 2 N–H and O–H groups in total. The van der Waals surface area contributed by atoms with E-state index in [9.17, 15) is 13.2 Å². The van der Waals surface area contributed by atoms with Gasteiger partial charge in [-0.2, -0.15) is 4.31 Å². The zero-order valence-corrected chi connectivity index (χ0v) is 19.5. The van der Waals surface area contributed by atoms with Gasteiger partial charge < -0.3 is 10.6 Å². The van der Waals surface area contributed by atoms with Gasteiger partial charge in [-0.05, 0) is 60.1 Å². The molecule has 0 aliphatic carbocycles. The summed E-state index contributed by atoms with van der Waals surface area (Å²) in [6.45, 7) is 2.23. The Morgan fingerprint density at radius 3 is 2.22 bits per heavy atom. The molecule has 3 aromatic carbocycles. The molecule has 0 fully saturated rings. The highest BCUT2D eigenvalue weighted by molar-refractivity contribution is 7.89. The van der Waals surface area contributed by atoms with Crippen LogP contribution in [0, 0.1) is 6.92 Å². The Labute approximate surface area is 194 Å². The van der Waals surface area contributed by atoms with Gasteiger partial charge in [0.05, 0.1) is 11.3 Å². The summed E-state index contributed by atoms with van der Waals surface area (Å²) in [5.74, 6) is -0.224. The fourth-order valence-corrected chi connectivity index (χ4v) is 4.52. The summed E-state index contributed by atoms with van der Waals surface area (Å²) >= 11 is 5.21. The first kappa shape index (κ1) is 23.6. The van der Waals surface area contributed by atoms with Gasteiger partial charge >= 0.3 is 0 Å². The van der Waals surface area contributed by atoms with Crippen molar-refractivity contribution >= 4 is 38.9 Å². The number of thiocarbonyl (C=S) groups is 1. The average molecular weight is 468 g/mol. The standard InChI is InChI=1S/C24H25N3O3S2/c1-18-8-6-7-11-20(18)16-23(28)26-24(31)25-21-12-14-22(15-13-21)32(29,30)27(2)17-19-9-4-3-5-10-19/h3-15H,16-17H2,1-2H3,(H2,25,26,28,31). The largest absolute Gasteiger partial charge is 0.332 e. The first-order chi connectivity index (χ1) is 15.3. The quantitative estimate of drug-likeness (QED) is 0.516. The van der Waals surface area contributed by atoms with Crippen LogP contribution in [0.25, 0.3) is 0 Å². The van der Waals surface area contributed by atoms with Crippen LogP contribution in [0.2, 0.25) is 0 Å². The summed E-state index contributed by atoms with van der Waals surface area (Å²) < 4.78 is 27.0. The van der Waals surface area contributed by atoms with E-state index < -0.39 is 10.0 Å². The number of benzene rings is 3. The number of nitrogens with zero attached hydrogens (tertiary/aromatic N) is 1. The second-order valence-corrected chi connectivity index (χ2v) is 9.83. The molecular weight excluding hydrogens is 442 g/mol. The lowest BCUT2D eigenvalue weighted by molar-refractivity contribution is -0.119. The van der Waals surface area contributed by atoms with E-state index in [2.05, 4.69) is 10.6 Å². The van der Waals surface area contributed by atoms with Crippen molar-refractivity contribution in [2.75, 3.05) is 12.4 Å². The van der Waals surface area contributed by atoms with Crippen molar-refractivity contribution in [1.82, 2.24) is 9.62 Å². The number of sulfonamides is 1. The van der Waals surface area contributed by atoms with E-state index in [1.165, 1.54) is 16.4 Å². The van der Waals surface area contributed by atoms with E-state index in [1.54, 1.807) is 19.2 Å². The Bertz CT molecular complexity index is 1190. The van der Waals surface area contributed by atoms with Gasteiger partial charge in [0.1, 0.15) is 0 Å². The van der Waals surface area contributed by atoms with Crippen LogP contribution in [0.4, 0.5) is 5.69 Å². The monoisotopic (exact) mass is 467 g/mol. The molecule has 32 heavy (non-hydrogen) atoms. The number of amides is 1. The zero-order chi connectivity index (χ0) is 23.1. The minimum Gasteiger partial charge on any atom is -0.332 e. The topological polar surface area (TPSA) is 78.5 Å². The molecule has 0 spiro atoms. The van der Waals surface area contributed by atoms with E-state index in [0.29, 0.717) is 5.69 Å². The van der Waals surface area contributed by atoms with Crippen molar-refractivity contribution in [3.8, 4) is 0 Å². The average Bonchev–Trinajstić information content (AvgIpc) is 2.76. The van der Waals surface area contributed by atoms with Crippen molar-refractivity contribution in [1.29, 1.82) is 0 Å². The second-order valence-electron chi connectivity index (χ2n) is 7.38. The Balaban J connectivity index is 1.58. The predicted molar refractivity (Wildman–Crippen MR) is 131 cm³/mol. The molecule has 3 aromatic rings. The number of nitrogens with one attached hydrogen (secondary N) is 2. The smallest absolute Gasteiger partial charge is 0.243 e.